The molecule has 0 unspecified atom stereocenters. The molecular weight excluding hydrogens is 410 g/mol. The van der Waals surface area contributed by atoms with Crippen LogP contribution in [0, 0.1) is 16.3 Å². The molecule has 0 saturated heterocycles. The number of halogens is 3. The summed E-state index contributed by atoms with van der Waals surface area (Å²) < 4.78 is 15.0. The van der Waals surface area contributed by atoms with Gasteiger partial charge in [0.2, 0.25) is 0 Å². The van der Waals surface area contributed by atoms with Gasteiger partial charge in [0.15, 0.2) is 0 Å². The zero-order valence-electron chi connectivity index (χ0n) is 9.60. The Morgan fingerprint density at radius 3 is 2.72 bits per heavy atom. The SMILES string of the molecule is Cc1c(I)cccc1Nc1cc(F)c(Br)cc1N. The van der Waals surface area contributed by atoms with Gasteiger partial charge in [0, 0.05) is 15.3 Å². The zero-order chi connectivity index (χ0) is 13.3. The van der Waals surface area contributed by atoms with Crippen molar-refractivity contribution in [1.82, 2.24) is 0 Å². The van der Waals surface area contributed by atoms with E-state index in [1.807, 2.05) is 25.1 Å². The molecule has 0 radical (unpaired) electrons. The van der Waals surface area contributed by atoms with Gasteiger partial charge in [-0.3, -0.25) is 0 Å². The second-order valence-corrected chi connectivity index (χ2v) is 5.91. The molecule has 0 bridgehead atoms. The van der Waals surface area contributed by atoms with Gasteiger partial charge >= 0.3 is 0 Å². The van der Waals surface area contributed by atoms with Gasteiger partial charge in [-0.15, -0.1) is 0 Å². The average Bonchev–Trinajstić information content (AvgIpc) is 2.32. The molecular formula is C13H11BrFIN2. The van der Waals surface area contributed by atoms with Crippen molar-refractivity contribution in [1.29, 1.82) is 0 Å². The molecule has 94 valence electrons. The fourth-order valence-corrected chi connectivity index (χ4v) is 2.42. The van der Waals surface area contributed by atoms with Gasteiger partial charge in [-0.25, -0.2) is 4.39 Å². The molecule has 0 saturated carbocycles. The van der Waals surface area contributed by atoms with Crippen LogP contribution in [0.25, 0.3) is 0 Å². The summed E-state index contributed by atoms with van der Waals surface area (Å²) in [5.41, 5.74) is 8.97. The lowest BCUT2D eigenvalue weighted by Gasteiger charge is -2.13. The van der Waals surface area contributed by atoms with Crippen molar-refractivity contribution in [2.45, 2.75) is 6.92 Å². The molecule has 0 aliphatic carbocycles. The summed E-state index contributed by atoms with van der Waals surface area (Å²) >= 11 is 5.37. The summed E-state index contributed by atoms with van der Waals surface area (Å²) in [6.07, 6.45) is 0. The molecule has 3 N–H and O–H groups in total. The largest absolute Gasteiger partial charge is 0.397 e. The van der Waals surface area contributed by atoms with Gasteiger partial charge in [0.05, 0.1) is 15.8 Å². The third kappa shape index (κ3) is 2.77. The quantitative estimate of drug-likeness (QED) is 0.539. The van der Waals surface area contributed by atoms with Crippen LogP contribution in [0.4, 0.5) is 21.5 Å². The summed E-state index contributed by atoms with van der Waals surface area (Å²) in [7, 11) is 0. The normalized spacial score (nSPS) is 10.4. The number of nitrogens with one attached hydrogen (secondary N) is 1. The van der Waals surface area contributed by atoms with E-state index in [-0.39, 0.29) is 5.82 Å². The Bertz CT molecular complexity index is 602. The third-order valence-electron chi connectivity index (χ3n) is 2.63. The molecule has 0 fully saturated rings. The van der Waals surface area contributed by atoms with Gasteiger partial charge < -0.3 is 11.1 Å². The Kier molecular flexibility index (Phi) is 4.11. The highest BCUT2D eigenvalue weighted by Gasteiger charge is 2.08. The highest BCUT2D eigenvalue weighted by molar-refractivity contribution is 14.1. The van der Waals surface area contributed by atoms with Crippen LogP contribution in [-0.4, -0.2) is 0 Å². The van der Waals surface area contributed by atoms with Crippen LogP contribution >= 0.6 is 38.5 Å². The van der Waals surface area contributed by atoms with Crippen LogP contribution < -0.4 is 11.1 Å². The molecule has 0 heterocycles. The lowest BCUT2D eigenvalue weighted by Crippen LogP contribution is -2.00. The molecule has 0 spiro atoms. The lowest BCUT2D eigenvalue weighted by molar-refractivity contribution is 0.622. The predicted octanol–water partition coefficient (Wildman–Crippen LogP) is 4.83. The summed E-state index contributed by atoms with van der Waals surface area (Å²) in [4.78, 5) is 0. The Hall–Kier alpha value is -0.820. The van der Waals surface area contributed by atoms with E-state index in [4.69, 9.17) is 5.73 Å². The van der Waals surface area contributed by atoms with E-state index in [0.717, 1.165) is 14.8 Å². The van der Waals surface area contributed by atoms with E-state index in [0.29, 0.717) is 15.8 Å². The van der Waals surface area contributed by atoms with Gasteiger partial charge in [0.1, 0.15) is 5.82 Å². The van der Waals surface area contributed by atoms with E-state index in [1.165, 1.54) is 6.07 Å². The van der Waals surface area contributed by atoms with Crippen LogP contribution in [0.1, 0.15) is 5.56 Å². The van der Waals surface area contributed by atoms with Crippen molar-refractivity contribution < 1.29 is 4.39 Å². The number of hydrogen-bond donors (Lipinski definition) is 2. The molecule has 0 atom stereocenters. The number of benzene rings is 2. The lowest BCUT2D eigenvalue weighted by atomic mass is 10.2. The van der Waals surface area contributed by atoms with E-state index in [1.54, 1.807) is 6.07 Å². The highest BCUT2D eigenvalue weighted by atomic mass is 127. The standard InChI is InChI=1S/C13H11BrFIN2/c1-7-10(16)3-2-4-12(7)18-13-6-9(15)8(14)5-11(13)17/h2-6,18H,17H2,1H3. The van der Waals surface area contributed by atoms with Gasteiger partial charge in [-0.05, 0) is 69.2 Å². The molecule has 2 nitrogen and oxygen atoms in total. The molecule has 2 aromatic carbocycles. The molecule has 5 heteroatoms. The first-order valence-electron chi connectivity index (χ1n) is 5.25. The fraction of sp³-hybridized carbons (Fsp3) is 0.0769. The minimum atomic E-state index is -0.338. The maximum Gasteiger partial charge on any atom is 0.139 e. The Morgan fingerprint density at radius 1 is 1.28 bits per heavy atom. The van der Waals surface area contributed by atoms with Crippen LogP contribution in [0.5, 0.6) is 0 Å². The summed E-state index contributed by atoms with van der Waals surface area (Å²) in [6, 6.07) is 8.85. The summed E-state index contributed by atoms with van der Waals surface area (Å²) in [6.45, 7) is 2.01. The van der Waals surface area contributed by atoms with Crippen LogP contribution in [0.2, 0.25) is 0 Å². The summed E-state index contributed by atoms with van der Waals surface area (Å²) in [5, 5.41) is 3.16. The highest BCUT2D eigenvalue weighted by Crippen LogP contribution is 2.31. The van der Waals surface area contributed by atoms with Gasteiger partial charge in [-0.1, -0.05) is 6.07 Å². The van der Waals surface area contributed by atoms with Crippen LogP contribution in [0.15, 0.2) is 34.8 Å². The van der Waals surface area contributed by atoms with Crippen molar-refractivity contribution in [3.8, 4) is 0 Å². The molecule has 2 aromatic rings. The maximum atomic E-state index is 13.5. The monoisotopic (exact) mass is 420 g/mol. The topological polar surface area (TPSA) is 38.0 Å². The average molecular weight is 421 g/mol. The number of nitrogens with two attached hydrogens (primary N) is 1. The van der Waals surface area contributed by atoms with E-state index >= 15 is 0 Å². The maximum absolute atomic E-state index is 13.5. The Balaban J connectivity index is 2.40. The van der Waals surface area contributed by atoms with Crippen molar-refractivity contribution in [2.75, 3.05) is 11.1 Å². The molecule has 0 aliphatic heterocycles. The Morgan fingerprint density at radius 2 is 2.00 bits per heavy atom. The first-order chi connectivity index (χ1) is 8.49. The third-order valence-corrected chi connectivity index (χ3v) is 4.41. The van der Waals surface area contributed by atoms with Gasteiger partial charge in [0.25, 0.3) is 0 Å². The number of anilines is 3. The van der Waals surface area contributed by atoms with Crippen molar-refractivity contribution in [3.05, 3.63) is 49.8 Å². The fourth-order valence-electron chi connectivity index (χ4n) is 1.56. The van der Waals surface area contributed by atoms with E-state index in [2.05, 4.69) is 43.8 Å². The molecule has 0 amide bonds. The smallest absolute Gasteiger partial charge is 0.139 e. The summed E-state index contributed by atoms with van der Waals surface area (Å²) in [5.74, 6) is -0.338. The molecule has 2 rings (SSSR count). The minimum absolute atomic E-state index is 0.338. The molecule has 18 heavy (non-hydrogen) atoms. The van der Waals surface area contributed by atoms with E-state index < -0.39 is 0 Å². The second-order valence-electron chi connectivity index (χ2n) is 3.89. The first-order valence-corrected chi connectivity index (χ1v) is 7.13. The van der Waals surface area contributed by atoms with Crippen LogP contribution in [0.3, 0.4) is 0 Å². The van der Waals surface area contributed by atoms with E-state index in [9.17, 15) is 4.39 Å². The zero-order valence-corrected chi connectivity index (χ0v) is 13.3. The van der Waals surface area contributed by atoms with Gasteiger partial charge in [-0.2, -0.15) is 0 Å². The number of rotatable bonds is 2. The predicted molar refractivity (Wildman–Crippen MR) is 85.7 cm³/mol. The first kappa shape index (κ1) is 13.6. The molecule has 0 aromatic heterocycles. The van der Waals surface area contributed by atoms with Crippen LogP contribution in [-0.2, 0) is 0 Å². The van der Waals surface area contributed by atoms with Crippen molar-refractivity contribution >= 4 is 55.6 Å². The van der Waals surface area contributed by atoms with Crippen molar-refractivity contribution in [3.63, 3.8) is 0 Å². The minimum Gasteiger partial charge on any atom is -0.397 e. The molecule has 0 aliphatic rings. The second kappa shape index (κ2) is 5.44. The van der Waals surface area contributed by atoms with Crippen molar-refractivity contribution in [2.24, 2.45) is 0 Å². The number of hydrogen-bond acceptors (Lipinski definition) is 2. The number of nitrogen functional groups attached to an aromatic ring is 1. The Labute approximate surface area is 127 Å².